The Morgan fingerprint density at radius 3 is 2.53 bits per heavy atom. The van der Waals surface area contributed by atoms with Crippen molar-refractivity contribution < 1.29 is 9.90 Å². The van der Waals surface area contributed by atoms with Crippen molar-refractivity contribution in [2.75, 3.05) is 0 Å². The lowest BCUT2D eigenvalue weighted by molar-refractivity contribution is -0.137. The van der Waals surface area contributed by atoms with Gasteiger partial charge in [-0.3, -0.25) is 4.79 Å². The van der Waals surface area contributed by atoms with Gasteiger partial charge in [0, 0.05) is 6.42 Å². The zero-order chi connectivity index (χ0) is 12.8. The zero-order valence-corrected chi connectivity index (χ0v) is 11.0. The Morgan fingerprint density at radius 2 is 1.94 bits per heavy atom. The van der Waals surface area contributed by atoms with Gasteiger partial charge in [0.05, 0.1) is 0 Å². The molecule has 0 saturated heterocycles. The molecule has 1 unspecified atom stereocenters. The predicted molar refractivity (Wildman–Crippen MR) is 70.4 cm³/mol. The van der Waals surface area contributed by atoms with Crippen LogP contribution in [0.2, 0.25) is 0 Å². The fourth-order valence-electron chi connectivity index (χ4n) is 1.96. The SMILES string of the molecule is Cc1ccc(C(C)CCCCC(=O)O)cc1C. The van der Waals surface area contributed by atoms with E-state index in [4.69, 9.17) is 5.11 Å². The smallest absolute Gasteiger partial charge is 0.303 e. The average Bonchev–Trinajstić information content (AvgIpc) is 2.27. The van der Waals surface area contributed by atoms with Crippen LogP contribution in [-0.4, -0.2) is 11.1 Å². The van der Waals surface area contributed by atoms with E-state index in [2.05, 4.69) is 39.0 Å². The Kier molecular flexibility index (Phi) is 5.20. The highest BCUT2D eigenvalue weighted by Crippen LogP contribution is 2.23. The molecule has 0 spiro atoms. The van der Waals surface area contributed by atoms with Gasteiger partial charge in [0.25, 0.3) is 0 Å². The number of benzene rings is 1. The van der Waals surface area contributed by atoms with E-state index in [0.29, 0.717) is 12.3 Å². The number of rotatable bonds is 6. The van der Waals surface area contributed by atoms with Gasteiger partial charge in [-0.2, -0.15) is 0 Å². The van der Waals surface area contributed by atoms with Crippen molar-refractivity contribution in [1.82, 2.24) is 0 Å². The minimum absolute atomic E-state index is 0.291. The van der Waals surface area contributed by atoms with Gasteiger partial charge in [-0.25, -0.2) is 0 Å². The van der Waals surface area contributed by atoms with Crippen molar-refractivity contribution in [3.8, 4) is 0 Å². The van der Waals surface area contributed by atoms with Crippen molar-refractivity contribution >= 4 is 5.97 Å². The van der Waals surface area contributed by atoms with Crippen molar-refractivity contribution in [1.29, 1.82) is 0 Å². The number of aliphatic carboxylic acids is 1. The van der Waals surface area contributed by atoms with Crippen LogP contribution >= 0.6 is 0 Å². The number of carbonyl (C=O) groups is 1. The molecule has 0 saturated carbocycles. The van der Waals surface area contributed by atoms with Crippen LogP contribution < -0.4 is 0 Å². The summed E-state index contributed by atoms with van der Waals surface area (Å²) < 4.78 is 0. The Bertz CT molecular complexity index is 383. The summed E-state index contributed by atoms with van der Waals surface area (Å²) in [7, 11) is 0. The van der Waals surface area contributed by atoms with Crippen LogP contribution in [0.25, 0.3) is 0 Å². The van der Waals surface area contributed by atoms with E-state index in [1.807, 2.05) is 0 Å². The Labute approximate surface area is 104 Å². The molecule has 0 aromatic heterocycles. The monoisotopic (exact) mass is 234 g/mol. The van der Waals surface area contributed by atoms with Gasteiger partial charge in [-0.15, -0.1) is 0 Å². The van der Waals surface area contributed by atoms with Crippen LogP contribution in [0.4, 0.5) is 0 Å². The van der Waals surface area contributed by atoms with Gasteiger partial charge >= 0.3 is 5.97 Å². The highest BCUT2D eigenvalue weighted by Gasteiger charge is 2.07. The second kappa shape index (κ2) is 6.43. The summed E-state index contributed by atoms with van der Waals surface area (Å²) in [5.74, 6) is -0.174. The van der Waals surface area contributed by atoms with Gasteiger partial charge in [-0.1, -0.05) is 31.5 Å². The number of aryl methyl sites for hydroxylation is 2. The molecule has 1 atom stereocenters. The van der Waals surface area contributed by atoms with Crippen molar-refractivity contribution in [3.63, 3.8) is 0 Å². The third kappa shape index (κ3) is 4.59. The molecule has 1 aromatic rings. The summed E-state index contributed by atoms with van der Waals surface area (Å²) >= 11 is 0. The number of hydrogen-bond donors (Lipinski definition) is 1. The molecule has 0 radical (unpaired) electrons. The molecule has 0 heterocycles. The van der Waals surface area contributed by atoms with E-state index >= 15 is 0 Å². The molecule has 1 rings (SSSR count). The normalized spacial score (nSPS) is 12.4. The van der Waals surface area contributed by atoms with E-state index in [1.54, 1.807) is 0 Å². The Hall–Kier alpha value is -1.31. The Balaban J connectivity index is 2.44. The second-order valence-corrected chi connectivity index (χ2v) is 4.88. The van der Waals surface area contributed by atoms with E-state index in [-0.39, 0.29) is 0 Å². The first-order valence-corrected chi connectivity index (χ1v) is 6.29. The predicted octanol–water partition coefficient (Wildman–Crippen LogP) is 4.05. The van der Waals surface area contributed by atoms with Crippen molar-refractivity contribution in [2.45, 2.75) is 52.4 Å². The maximum atomic E-state index is 10.4. The van der Waals surface area contributed by atoms with Gasteiger partial charge in [0.15, 0.2) is 0 Å². The zero-order valence-electron chi connectivity index (χ0n) is 11.0. The molecular weight excluding hydrogens is 212 g/mol. The molecule has 1 N–H and O–H groups in total. The van der Waals surface area contributed by atoms with Gasteiger partial charge in [0.2, 0.25) is 0 Å². The maximum Gasteiger partial charge on any atom is 0.303 e. The summed E-state index contributed by atoms with van der Waals surface area (Å²) in [6.07, 6.45) is 3.13. The first-order chi connectivity index (χ1) is 8.00. The molecule has 0 aliphatic carbocycles. The molecule has 2 heteroatoms. The highest BCUT2D eigenvalue weighted by molar-refractivity contribution is 5.66. The standard InChI is InChI=1S/C15H22O2/c1-11-8-9-14(10-13(11)3)12(2)6-4-5-7-15(16)17/h8-10,12H,4-7H2,1-3H3,(H,16,17). The van der Waals surface area contributed by atoms with Crippen LogP contribution in [0.15, 0.2) is 18.2 Å². The molecule has 0 aliphatic heterocycles. The quantitative estimate of drug-likeness (QED) is 0.754. The summed E-state index contributed by atoms with van der Waals surface area (Å²) in [5, 5.41) is 8.56. The minimum Gasteiger partial charge on any atom is -0.481 e. The van der Waals surface area contributed by atoms with Gasteiger partial charge < -0.3 is 5.11 Å². The lowest BCUT2D eigenvalue weighted by Crippen LogP contribution is -1.98. The van der Waals surface area contributed by atoms with Crippen LogP contribution in [0.3, 0.4) is 0 Å². The fourth-order valence-corrected chi connectivity index (χ4v) is 1.96. The third-order valence-corrected chi connectivity index (χ3v) is 3.38. The molecule has 0 bridgehead atoms. The first-order valence-electron chi connectivity index (χ1n) is 6.29. The van der Waals surface area contributed by atoms with Crippen molar-refractivity contribution in [2.24, 2.45) is 0 Å². The summed E-state index contributed by atoms with van der Waals surface area (Å²) in [4.78, 5) is 10.4. The lowest BCUT2D eigenvalue weighted by atomic mass is 9.93. The van der Waals surface area contributed by atoms with Gasteiger partial charge in [0.1, 0.15) is 0 Å². The van der Waals surface area contributed by atoms with Crippen LogP contribution in [-0.2, 0) is 4.79 Å². The molecular formula is C15H22O2. The van der Waals surface area contributed by atoms with E-state index in [0.717, 1.165) is 19.3 Å². The molecule has 94 valence electrons. The van der Waals surface area contributed by atoms with Gasteiger partial charge in [-0.05, 0) is 49.3 Å². The number of unbranched alkanes of at least 4 members (excludes halogenated alkanes) is 1. The Morgan fingerprint density at radius 1 is 1.24 bits per heavy atom. The number of hydrogen-bond acceptors (Lipinski definition) is 1. The average molecular weight is 234 g/mol. The van der Waals surface area contributed by atoms with Crippen molar-refractivity contribution in [3.05, 3.63) is 34.9 Å². The maximum absolute atomic E-state index is 10.4. The molecule has 0 fully saturated rings. The lowest BCUT2D eigenvalue weighted by Gasteiger charge is -2.13. The van der Waals surface area contributed by atoms with Crippen LogP contribution in [0.5, 0.6) is 0 Å². The third-order valence-electron chi connectivity index (χ3n) is 3.38. The van der Waals surface area contributed by atoms with Crippen LogP contribution in [0, 0.1) is 13.8 Å². The van der Waals surface area contributed by atoms with E-state index < -0.39 is 5.97 Å². The molecule has 2 nitrogen and oxygen atoms in total. The number of carboxylic acid groups (broad SMARTS) is 1. The second-order valence-electron chi connectivity index (χ2n) is 4.88. The first kappa shape index (κ1) is 13.8. The summed E-state index contributed by atoms with van der Waals surface area (Å²) in [6.45, 7) is 6.47. The topological polar surface area (TPSA) is 37.3 Å². The molecule has 0 aliphatic rings. The molecule has 17 heavy (non-hydrogen) atoms. The molecule has 1 aromatic carbocycles. The minimum atomic E-state index is -0.691. The molecule has 0 amide bonds. The largest absolute Gasteiger partial charge is 0.481 e. The van der Waals surface area contributed by atoms with Crippen LogP contribution in [0.1, 0.15) is 55.2 Å². The summed E-state index contributed by atoms with van der Waals surface area (Å²) in [6, 6.07) is 6.60. The van der Waals surface area contributed by atoms with E-state index in [9.17, 15) is 4.79 Å². The number of carboxylic acids is 1. The highest BCUT2D eigenvalue weighted by atomic mass is 16.4. The summed E-state index contributed by atoms with van der Waals surface area (Å²) in [5.41, 5.74) is 4.02. The fraction of sp³-hybridized carbons (Fsp3) is 0.533. The van der Waals surface area contributed by atoms with E-state index in [1.165, 1.54) is 16.7 Å².